The lowest BCUT2D eigenvalue weighted by molar-refractivity contribution is 0.0374. The molecule has 2 heteroatoms. The number of hydrogen-bond donors (Lipinski definition) is 1. The first kappa shape index (κ1) is 12.9. The highest BCUT2D eigenvalue weighted by molar-refractivity contribution is 4.64. The molecule has 80 valence electrons. The molecule has 0 amide bonds. The van der Waals surface area contributed by atoms with E-state index < -0.39 is 0 Å². The van der Waals surface area contributed by atoms with Crippen molar-refractivity contribution in [3.8, 4) is 0 Å². The Balaban J connectivity index is 3.43. The van der Waals surface area contributed by atoms with Crippen LogP contribution < -0.4 is 5.32 Å². The molecule has 0 bridgehead atoms. The molecular formula is C11H25NO. The second-order valence-electron chi connectivity index (χ2n) is 4.23. The number of rotatable bonds is 7. The first-order valence-electron chi connectivity index (χ1n) is 5.41. The number of nitrogens with one attached hydrogen (secondary N) is 1. The van der Waals surface area contributed by atoms with Gasteiger partial charge in [0.1, 0.15) is 0 Å². The highest BCUT2D eigenvalue weighted by Gasteiger charge is 2.08. The lowest BCUT2D eigenvalue weighted by Gasteiger charge is -2.19. The van der Waals surface area contributed by atoms with Gasteiger partial charge in [-0.3, -0.25) is 0 Å². The van der Waals surface area contributed by atoms with Crippen LogP contribution in [0, 0.1) is 5.92 Å². The molecule has 0 radical (unpaired) electrons. The summed E-state index contributed by atoms with van der Waals surface area (Å²) in [6.45, 7) is 12.8. The third-order valence-electron chi connectivity index (χ3n) is 1.95. The fourth-order valence-electron chi connectivity index (χ4n) is 1.35. The normalized spacial score (nSPS) is 16.2. The van der Waals surface area contributed by atoms with Crippen LogP contribution in [0.2, 0.25) is 0 Å². The molecule has 0 heterocycles. The molecule has 0 spiro atoms. The molecule has 0 aliphatic carbocycles. The van der Waals surface area contributed by atoms with Crippen molar-refractivity contribution < 1.29 is 4.74 Å². The van der Waals surface area contributed by atoms with E-state index in [9.17, 15) is 0 Å². The van der Waals surface area contributed by atoms with Crippen molar-refractivity contribution in [2.75, 3.05) is 13.2 Å². The quantitative estimate of drug-likeness (QED) is 0.661. The van der Waals surface area contributed by atoms with Crippen molar-refractivity contribution in [3.63, 3.8) is 0 Å². The fourth-order valence-corrected chi connectivity index (χ4v) is 1.35. The molecule has 1 N–H and O–H groups in total. The maximum atomic E-state index is 5.68. The third kappa shape index (κ3) is 8.26. The molecule has 0 aliphatic heterocycles. The Labute approximate surface area is 83.1 Å². The monoisotopic (exact) mass is 187 g/mol. The van der Waals surface area contributed by atoms with Crippen LogP contribution in [0.25, 0.3) is 0 Å². The summed E-state index contributed by atoms with van der Waals surface area (Å²) < 4.78 is 5.68. The number of ether oxygens (including phenoxy) is 1. The lowest BCUT2D eigenvalue weighted by atomic mass is 10.1. The van der Waals surface area contributed by atoms with E-state index in [1.54, 1.807) is 0 Å². The van der Waals surface area contributed by atoms with E-state index >= 15 is 0 Å². The second kappa shape index (κ2) is 7.34. The van der Waals surface area contributed by atoms with Gasteiger partial charge in [0.05, 0.1) is 6.10 Å². The molecule has 0 fully saturated rings. The summed E-state index contributed by atoms with van der Waals surface area (Å²) in [6, 6.07) is 0.562. The molecule has 2 nitrogen and oxygen atoms in total. The number of hydrogen-bond acceptors (Lipinski definition) is 2. The van der Waals surface area contributed by atoms with Gasteiger partial charge < -0.3 is 10.1 Å². The summed E-state index contributed by atoms with van der Waals surface area (Å²) in [4.78, 5) is 0. The van der Waals surface area contributed by atoms with Crippen molar-refractivity contribution >= 4 is 0 Å². The highest BCUT2D eigenvalue weighted by Crippen LogP contribution is 2.04. The zero-order valence-electron chi connectivity index (χ0n) is 9.76. The molecule has 0 aromatic heterocycles. The Morgan fingerprint density at radius 1 is 1.15 bits per heavy atom. The Hall–Kier alpha value is -0.0800. The minimum absolute atomic E-state index is 0.372. The molecule has 0 aliphatic rings. The van der Waals surface area contributed by atoms with Crippen molar-refractivity contribution in [1.29, 1.82) is 0 Å². The molecule has 0 rings (SSSR count). The van der Waals surface area contributed by atoms with E-state index in [0.717, 1.165) is 19.6 Å². The van der Waals surface area contributed by atoms with Gasteiger partial charge >= 0.3 is 0 Å². The van der Waals surface area contributed by atoms with Crippen LogP contribution in [-0.2, 0) is 4.74 Å². The minimum atomic E-state index is 0.372. The maximum absolute atomic E-state index is 5.68. The summed E-state index contributed by atoms with van der Waals surface area (Å²) >= 11 is 0. The summed E-state index contributed by atoms with van der Waals surface area (Å²) in [5.74, 6) is 0.636. The minimum Gasteiger partial charge on any atom is -0.378 e. The van der Waals surface area contributed by atoms with Crippen molar-refractivity contribution in [2.24, 2.45) is 5.92 Å². The summed E-state index contributed by atoms with van der Waals surface area (Å²) in [5.41, 5.74) is 0. The molecule has 13 heavy (non-hydrogen) atoms. The van der Waals surface area contributed by atoms with Crippen molar-refractivity contribution in [3.05, 3.63) is 0 Å². The van der Waals surface area contributed by atoms with E-state index in [0.29, 0.717) is 18.1 Å². The van der Waals surface area contributed by atoms with E-state index in [1.807, 2.05) is 0 Å². The Bertz CT molecular complexity index is 115. The summed E-state index contributed by atoms with van der Waals surface area (Å²) in [7, 11) is 0. The molecule has 0 aromatic rings. The van der Waals surface area contributed by atoms with Crippen LogP contribution >= 0.6 is 0 Å². The topological polar surface area (TPSA) is 21.3 Å². The van der Waals surface area contributed by atoms with E-state index in [1.165, 1.54) is 0 Å². The Kier molecular flexibility index (Phi) is 7.29. The van der Waals surface area contributed by atoms with Crippen molar-refractivity contribution in [1.82, 2.24) is 5.32 Å². The second-order valence-corrected chi connectivity index (χ2v) is 4.23. The van der Waals surface area contributed by atoms with E-state index in [4.69, 9.17) is 4.74 Å². The van der Waals surface area contributed by atoms with E-state index in [2.05, 4.69) is 39.9 Å². The lowest BCUT2D eigenvalue weighted by Crippen LogP contribution is -2.30. The van der Waals surface area contributed by atoms with E-state index in [-0.39, 0.29) is 0 Å². The van der Waals surface area contributed by atoms with Gasteiger partial charge in [0, 0.05) is 12.6 Å². The Morgan fingerprint density at radius 3 is 2.23 bits per heavy atom. The molecule has 0 saturated carbocycles. The third-order valence-corrected chi connectivity index (χ3v) is 1.95. The highest BCUT2D eigenvalue weighted by atomic mass is 16.5. The van der Waals surface area contributed by atoms with Crippen LogP contribution in [0.4, 0.5) is 0 Å². The first-order valence-corrected chi connectivity index (χ1v) is 5.41. The van der Waals surface area contributed by atoms with Crippen LogP contribution in [0.1, 0.15) is 41.0 Å². The summed E-state index contributed by atoms with van der Waals surface area (Å²) in [5, 5.41) is 3.38. The molecular weight excluding hydrogens is 162 g/mol. The van der Waals surface area contributed by atoms with Crippen LogP contribution in [-0.4, -0.2) is 25.3 Å². The average Bonchev–Trinajstić information content (AvgIpc) is 2.01. The standard InChI is InChI=1S/C11H25NO/c1-6-12-10(4)7-11(5)13-8-9(2)3/h9-12H,6-8H2,1-5H3. The Morgan fingerprint density at radius 2 is 1.77 bits per heavy atom. The van der Waals surface area contributed by atoms with Crippen LogP contribution in [0.5, 0.6) is 0 Å². The van der Waals surface area contributed by atoms with Gasteiger partial charge in [-0.2, -0.15) is 0 Å². The molecule has 2 unspecified atom stereocenters. The van der Waals surface area contributed by atoms with Gasteiger partial charge in [-0.15, -0.1) is 0 Å². The van der Waals surface area contributed by atoms with Gasteiger partial charge in [-0.25, -0.2) is 0 Å². The summed E-state index contributed by atoms with van der Waals surface area (Å²) in [6.07, 6.45) is 1.47. The fraction of sp³-hybridized carbons (Fsp3) is 1.00. The SMILES string of the molecule is CCNC(C)CC(C)OCC(C)C. The first-order chi connectivity index (χ1) is 6.06. The van der Waals surface area contributed by atoms with Crippen LogP contribution in [0.3, 0.4) is 0 Å². The maximum Gasteiger partial charge on any atom is 0.0561 e. The molecule has 0 saturated heterocycles. The van der Waals surface area contributed by atoms with Gasteiger partial charge in [-0.05, 0) is 32.7 Å². The zero-order valence-corrected chi connectivity index (χ0v) is 9.76. The zero-order chi connectivity index (χ0) is 10.3. The molecule has 0 aromatic carbocycles. The smallest absolute Gasteiger partial charge is 0.0561 e. The largest absolute Gasteiger partial charge is 0.378 e. The predicted molar refractivity (Wildman–Crippen MR) is 58.0 cm³/mol. The van der Waals surface area contributed by atoms with Gasteiger partial charge in [0.15, 0.2) is 0 Å². The van der Waals surface area contributed by atoms with Gasteiger partial charge in [0.25, 0.3) is 0 Å². The van der Waals surface area contributed by atoms with Gasteiger partial charge in [0.2, 0.25) is 0 Å². The van der Waals surface area contributed by atoms with Crippen LogP contribution in [0.15, 0.2) is 0 Å². The molecule has 2 atom stereocenters. The van der Waals surface area contributed by atoms with Gasteiger partial charge in [-0.1, -0.05) is 20.8 Å². The van der Waals surface area contributed by atoms with Crippen molar-refractivity contribution in [2.45, 2.75) is 53.2 Å². The predicted octanol–water partition coefficient (Wildman–Crippen LogP) is 2.44. The average molecular weight is 187 g/mol.